The van der Waals surface area contributed by atoms with Crippen molar-refractivity contribution in [1.82, 2.24) is 9.78 Å². The first-order valence-corrected chi connectivity index (χ1v) is 6.81. The average Bonchev–Trinajstić information content (AvgIpc) is 2.63. The van der Waals surface area contributed by atoms with E-state index in [4.69, 9.17) is 18.0 Å². The van der Waals surface area contributed by atoms with Gasteiger partial charge < -0.3 is 11.1 Å². The molecule has 0 atom stereocenters. The number of rotatable bonds is 5. The molecule has 0 amide bonds. The number of aromatic nitrogens is 2. The predicted molar refractivity (Wildman–Crippen MR) is 82.4 cm³/mol. The molecule has 0 aliphatic rings. The quantitative estimate of drug-likeness (QED) is 0.832. The Labute approximate surface area is 127 Å². The SMILES string of the molecule is Cc1nn(C)c(NCCc2cc(F)cc(F)c2)c1C(N)=S. The van der Waals surface area contributed by atoms with Crippen LogP contribution in [0.3, 0.4) is 0 Å². The summed E-state index contributed by atoms with van der Waals surface area (Å²) >= 11 is 5.01. The summed E-state index contributed by atoms with van der Waals surface area (Å²) in [6.45, 7) is 2.30. The van der Waals surface area contributed by atoms with Crippen LogP contribution >= 0.6 is 12.2 Å². The third-order valence-corrected chi connectivity index (χ3v) is 3.30. The van der Waals surface area contributed by atoms with Gasteiger partial charge in [0.2, 0.25) is 0 Å². The van der Waals surface area contributed by atoms with E-state index in [9.17, 15) is 8.78 Å². The highest BCUT2D eigenvalue weighted by Gasteiger charge is 2.15. The second-order valence-corrected chi connectivity index (χ2v) is 5.19. The van der Waals surface area contributed by atoms with Crippen LogP contribution in [0.1, 0.15) is 16.8 Å². The van der Waals surface area contributed by atoms with Gasteiger partial charge in [-0.15, -0.1) is 0 Å². The zero-order valence-corrected chi connectivity index (χ0v) is 12.6. The summed E-state index contributed by atoms with van der Waals surface area (Å²) in [4.78, 5) is 0.264. The van der Waals surface area contributed by atoms with E-state index in [0.29, 0.717) is 29.9 Å². The van der Waals surface area contributed by atoms with Crippen LogP contribution in [0, 0.1) is 18.6 Å². The lowest BCUT2D eigenvalue weighted by molar-refractivity contribution is 0.580. The highest BCUT2D eigenvalue weighted by atomic mass is 32.1. The minimum absolute atomic E-state index is 0.264. The molecule has 1 heterocycles. The lowest BCUT2D eigenvalue weighted by atomic mass is 10.1. The summed E-state index contributed by atoms with van der Waals surface area (Å²) in [5.74, 6) is -0.452. The van der Waals surface area contributed by atoms with Crippen molar-refractivity contribution in [2.45, 2.75) is 13.3 Å². The summed E-state index contributed by atoms with van der Waals surface area (Å²) in [6.07, 6.45) is 0.468. The van der Waals surface area contributed by atoms with Crippen molar-refractivity contribution >= 4 is 23.0 Å². The Bertz CT molecular complexity index is 662. The van der Waals surface area contributed by atoms with Gasteiger partial charge in [0.1, 0.15) is 22.4 Å². The lowest BCUT2D eigenvalue weighted by Gasteiger charge is -2.09. The van der Waals surface area contributed by atoms with Gasteiger partial charge in [0.15, 0.2) is 0 Å². The van der Waals surface area contributed by atoms with Gasteiger partial charge in [-0.2, -0.15) is 5.10 Å². The van der Waals surface area contributed by atoms with Crippen LogP contribution in [0.4, 0.5) is 14.6 Å². The highest BCUT2D eigenvalue weighted by molar-refractivity contribution is 7.80. The van der Waals surface area contributed by atoms with Gasteiger partial charge in [0.25, 0.3) is 0 Å². The molecule has 7 heteroatoms. The van der Waals surface area contributed by atoms with Crippen molar-refractivity contribution in [1.29, 1.82) is 0 Å². The molecule has 0 spiro atoms. The third kappa shape index (κ3) is 3.55. The molecule has 1 aromatic carbocycles. The molecular formula is C14H16F2N4S. The van der Waals surface area contributed by atoms with Crippen LogP contribution < -0.4 is 11.1 Å². The van der Waals surface area contributed by atoms with Crippen LogP contribution in [-0.4, -0.2) is 21.3 Å². The Hall–Kier alpha value is -2.02. The number of benzene rings is 1. The maximum atomic E-state index is 13.1. The first-order valence-electron chi connectivity index (χ1n) is 6.40. The van der Waals surface area contributed by atoms with Crippen molar-refractivity contribution < 1.29 is 8.78 Å². The summed E-state index contributed by atoms with van der Waals surface area (Å²) < 4.78 is 27.9. The minimum atomic E-state index is -0.579. The molecule has 2 rings (SSSR count). The number of nitrogens with zero attached hydrogens (tertiary/aromatic N) is 2. The first kappa shape index (κ1) is 15.4. The molecule has 1 aromatic heterocycles. The van der Waals surface area contributed by atoms with E-state index in [1.54, 1.807) is 11.7 Å². The van der Waals surface area contributed by atoms with Crippen molar-refractivity contribution in [3.8, 4) is 0 Å². The molecule has 2 aromatic rings. The summed E-state index contributed by atoms with van der Waals surface area (Å²) in [5.41, 5.74) is 7.70. The van der Waals surface area contributed by atoms with E-state index in [0.717, 1.165) is 11.8 Å². The Kier molecular flexibility index (Phi) is 4.52. The van der Waals surface area contributed by atoms with Gasteiger partial charge in [0.05, 0.1) is 11.3 Å². The molecule has 0 unspecified atom stereocenters. The van der Waals surface area contributed by atoms with Crippen LogP contribution in [0.25, 0.3) is 0 Å². The number of thiocarbonyl (C=S) groups is 1. The average molecular weight is 310 g/mol. The van der Waals surface area contributed by atoms with Crippen molar-refractivity contribution in [3.05, 3.63) is 46.7 Å². The second kappa shape index (κ2) is 6.17. The van der Waals surface area contributed by atoms with Gasteiger partial charge in [0, 0.05) is 19.7 Å². The molecule has 0 radical (unpaired) electrons. The summed E-state index contributed by atoms with van der Waals surface area (Å²) in [7, 11) is 1.78. The smallest absolute Gasteiger partial charge is 0.134 e. The van der Waals surface area contributed by atoms with Gasteiger partial charge in [-0.25, -0.2) is 8.78 Å². The zero-order valence-electron chi connectivity index (χ0n) is 11.8. The number of nitrogens with one attached hydrogen (secondary N) is 1. The van der Waals surface area contributed by atoms with Crippen molar-refractivity contribution in [3.63, 3.8) is 0 Å². The van der Waals surface area contributed by atoms with Gasteiger partial charge in [-0.3, -0.25) is 4.68 Å². The molecule has 0 aliphatic carbocycles. The summed E-state index contributed by atoms with van der Waals surface area (Å²) in [6, 6.07) is 3.48. The Morgan fingerprint density at radius 1 is 1.33 bits per heavy atom. The fourth-order valence-corrected chi connectivity index (χ4v) is 2.48. The standard InChI is InChI=1S/C14H16F2N4S/c1-8-12(13(17)21)14(20(2)19-8)18-4-3-9-5-10(15)7-11(16)6-9/h5-7,18H,3-4H2,1-2H3,(H2,17,21). The number of halogens is 2. The third-order valence-electron chi connectivity index (χ3n) is 3.10. The van der Waals surface area contributed by atoms with E-state index in [-0.39, 0.29) is 4.99 Å². The van der Waals surface area contributed by atoms with Crippen LogP contribution in [0.5, 0.6) is 0 Å². The molecule has 21 heavy (non-hydrogen) atoms. The molecule has 3 N–H and O–H groups in total. The van der Waals surface area contributed by atoms with Crippen LogP contribution in [0.2, 0.25) is 0 Å². The molecule has 112 valence electrons. The molecular weight excluding hydrogens is 294 g/mol. The molecule has 0 aliphatic heterocycles. The Morgan fingerprint density at radius 3 is 2.52 bits per heavy atom. The van der Waals surface area contributed by atoms with E-state index < -0.39 is 11.6 Å². The topological polar surface area (TPSA) is 55.9 Å². The number of aryl methyl sites for hydroxylation is 2. The van der Waals surface area contributed by atoms with E-state index >= 15 is 0 Å². The lowest BCUT2D eigenvalue weighted by Crippen LogP contribution is -2.16. The molecule has 0 fully saturated rings. The first-order chi connectivity index (χ1) is 9.88. The largest absolute Gasteiger partial charge is 0.389 e. The Morgan fingerprint density at radius 2 is 1.95 bits per heavy atom. The maximum Gasteiger partial charge on any atom is 0.134 e. The molecule has 0 saturated heterocycles. The van der Waals surface area contributed by atoms with E-state index in [1.165, 1.54) is 12.1 Å². The fraction of sp³-hybridized carbons (Fsp3) is 0.286. The van der Waals surface area contributed by atoms with Crippen LogP contribution in [0.15, 0.2) is 18.2 Å². The molecule has 0 bridgehead atoms. The van der Waals surface area contributed by atoms with Crippen LogP contribution in [-0.2, 0) is 13.5 Å². The Balaban J connectivity index is 2.09. The molecule has 0 saturated carbocycles. The number of hydrogen-bond donors (Lipinski definition) is 2. The van der Waals surface area contributed by atoms with Gasteiger partial charge in [-0.05, 0) is 31.0 Å². The van der Waals surface area contributed by atoms with Crippen molar-refractivity contribution in [2.24, 2.45) is 12.8 Å². The number of nitrogens with two attached hydrogens (primary N) is 1. The number of anilines is 1. The van der Waals surface area contributed by atoms with Gasteiger partial charge >= 0.3 is 0 Å². The zero-order chi connectivity index (χ0) is 15.6. The van der Waals surface area contributed by atoms with E-state index in [1.807, 2.05) is 6.92 Å². The van der Waals surface area contributed by atoms with E-state index in [2.05, 4.69) is 10.4 Å². The van der Waals surface area contributed by atoms with Gasteiger partial charge in [-0.1, -0.05) is 12.2 Å². The normalized spacial score (nSPS) is 10.7. The molecule has 4 nitrogen and oxygen atoms in total. The summed E-state index contributed by atoms with van der Waals surface area (Å²) in [5, 5.41) is 7.41. The maximum absolute atomic E-state index is 13.1. The number of hydrogen-bond acceptors (Lipinski definition) is 3. The predicted octanol–water partition coefficient (Wildman–Crippen LogP) is 2.30. The highest BCUT2D eigenvalue weighted by Crippen LogP contribution is 2.18. The van der Waals surface area contributed by atoms with Crippen molar-refractivity contribution in [2.75, 3.05) is 11.9 Å². The minimum Gasteiger partial charge on any atom is -0.389 e. The second-order valence-electron chi connectivity index (χ2n) is 4.75. The monoisotopic (exact) mass is 310 g/mol. The fourth-order valence-electron chi connectivity index (χ4n) is 2.24.